The van der Waals surface area contributed by atoms with Gasteiger partial charge in [0.2, 0.25) is 0 Å². The van der Waals surface area contributed by atoms with E-state index in [1.165, 1.54) is 5.56 Å². The van der Waals surface area contributed by atoms with Crippen LogP contribution in [0, 0.1) is 6.92 Å². The summed E-state index contributed by atoms with van der Waals surface area (Å²) in [6.07, 6.45) is 0.759. The van der Waals surface area contributed by atoms with Gasteiger partial charge in [0.05, 0.1) is 12.0 Å². The zero-order valence-corrected chi connectivity index (χ0v) is 12.0. The van der Waals surface area contributed by atoms with Gasteiger partial charge in [-0.25, -0.2) is 0 Å². The van der Waals surface area contributed by atoms with Gasteiger partial charge in [-0.05, 0) is 31.5 Å². The standard InChI is InChI=1S/C13H15ClN2OS/c1-9-4-3-5-11(8-9)17-7-6-12-15-16-13(18-12)10(2)14/h3-5,8,10H,6-7H2,1-2H3. The summed E-state index contributed by atoms with van der Waals surface area (Å²) in [5.74, 6) is 0.894. The Hall–Kier alpha value is -1.13. The monoisotopic (exact) mass is 282 g/mol. The predicted octanol–water partition coefficient (Wildman–Crippen LogP) is 3.77. The Morgan fingerprint density at radius 2 is 2.22 bits per heavy atom. The Bertz CT molecular complexity index is 513. The summed E-state index contributed by atoms with van der Waals surface area (Å²) in [5.41, 5.74) is 1.20. The number of halogens is 1. The molecule has 1 aromatic heterocycles. The van der Waals surface area contributed by atoms with Crippen LogP contribution < -0.4 is 4.74 Å². The largest absolute Gasteiger partial charge is 0.493 e. The van der Waals surface area contributed by atoms with Gasteiger partial charge >= 0.3 is 0 Å². The van der Waals surface area contributed by atoms with Gasteiger partial charge < -0.3 is 4.74 Å². The van der Waals surface area contributed by atoms with Crippen molar-refractivity contribution in [3.8, 4) is 5.75 Å². The summed E-state index contributed by atoms with van der Waals surface area (Å²) in [4.78, 5) is 0. The molecule has 0 spiro atoms. The zero-order valence-electron chi connectivity index (χ0n) is 10.4. The average molecular weight is 283 g/mol. The normalized spacial score (nSPS) is 12.4. The van der Waals surface area contributed by atoms with Crippen molar-refractivity contribution in [1.82, 2.24) is 10.2 Å². The molecule has 0 aliphatic heterocycles. The van der Waals surface area contributed by atoms with Crippen LogP contribution in [0.25, 0.3) is 0 Å². The van der Waals surface area contributed by atoms with E-state index in [4.69, 9.17) is 16.3 Å². The summed E-state index contributed by atoms with van der Waals surface area (Å²) >= 11 is 7.49. The van der Waals surface area contributed by atoms with Crippen LogP contribution in [-0.2, 0) is 6.42 Å². The van der Waals surface area contributed by atoms with Crippen molar-refractivity contribution in [2.75, 3.05) is 6.61 Å². The number of aryl methyl sites for hydroxylation is 1. The Morgan fingerprint density at radius 1 is 1.39 bits per heavy atom. The molecule has 0 radical (unpaired) electrons. The second kappa shape index (κ2) is 6.16. The molecule has 2 aromatic rings. The average Bonchev–Trinajstić information content (AvgIpc) is 2.78. The van der Waals surface area contributed by atoms with Crippen LogP contribution in [0.5, 0.6) is 5.75 Å². The fourth-order valence-electron chi connectivity index (χ4n) is 1.49. The van der Waals surface area contributed by atoms with E-state index in [2.05, 4.69) is 10.2 Å². The third kappa shape index (κ3) is 3.68. The van der Waals surface area contributed by atoms with Crippen molar-refractivity contribution in [3.63, 3.8) is 0 Å². The Kier molecular flexibility index (Phi) is 4.55. The minimum absolute atomic E-state index is 0.0751. The molecule has 1 unspecified atom stereocenters. The molecule has 1 aromatic carbocycles. The van der Waals surface area contributed by atoms with Gasteiger partial charge in [0.1, 0.15) is 15.8 Å². The van der Waals surface area contributed by atoms with Crippen LogP contribution >= 0.6 is 22.9 Å². The van der Waals surface area contributed by atoms with E-state index in [9.17, 15) is 0 Å². The molecular weight excluding hydrogens is 268 g/mol. The lowest BCUT2D eigenvalue weighted by Crippen LogP contribution is -2.01. The van der Waals surface area contributed by atoms with Crippen LogP contribution in [0.15, 0.2) is 24.3 Å². The Labute approximate surface area is 116 Å². The van der Waals surface area contributed by atoms with Crippen molar-refractivity contribution in [1.29, 1.82) is 0 Å². The van der Waals surface area contributed by atoms with E-state index < -0.39 is 0 Å². The molecule has 1 heterocycles. The Morgan fingerprint density at radius 3 is 2.89 bits per heavy atom. The first-order valence-corrected chi connectivity index (χ1v) is 7.06. The van der Waals surface area contributed by atoms with E-state index in [0.717, 1.165) is 22.2 Å². The number of hydrogen-bond donors (Lipinski definition) is 0. The molecule has 0 aliphatic carbocycles. The number of benzene rings is 1. The fraction of sp³-hybridized carbons (Fsp3) is 0.385. The van der Waals surface area contributed by atoms with Gasteiger partial charge in [-0.2, -0.15) is 0 Å². The highest BCUT2D eigenvalue weighted by molar-refractivity contribution is 7.11. The number of ether oxygens (including phenoxy) is 1. The van der Waals surface area contributed by atoms with Crippen LogP contribution in [0.3, 0.4) is 0 Å². The van der Waals surface area contributed by atoms with E-state index in [-0.39, 0.29) is 5.38 Å². The maximum absolute atomic E-state index is 5.94. The molecule has 3 nitrogen and oxygen atoms in total. The summed E-state index contributed by atoms with van der Waals surface area (Å²) in [6.45, 7) is 4.55. The van der Waals surface area contributed by atoms with Crippen molar-refractivity contribution < 1.29 is 4.74 Å². The quantitative estimate of drug-likeness (QED) is 0.783. The molecule has 0 fully saturated rings. The molecule has 1 atom stereocenters. The first-order valence-electron chi connectivity index (χ1n) is 5.81. The molecule has 5 heteroatoms. The van der Waals surface area contributed by atoms with Crippen LogP contribution in [0.4, 0.5) is 0 Å². The molecule has 0 saturated heterocycles. The van der Waals surface area contributed by atoms with Crippen molar-refractivity contribution in [3.05, 3.63) is 39.8 Å². The lowest BCUT2D eigenvalue weighted by molar-refractivity contribution is 0.321. The van der Waals surface area contributed by atoms with E-state index in [1.54, 1.807) is 11.3 Å². The Balaban J connectivity index is 1.84. The molecule has 2 rings (SSSR count). The third-order valence-electron chi connectivity index (χ3n) is 2.40. The number of aromatic nitrogens is 2. The SMILES string of the molecule is Cc1cccc(OCCc2nnc(C(C)Cl)s2)c1. The van der Waals surface area contributed by atoms with E-state index >= 15 is 0 Å². The molecule has 0 aliphatic rings. The number of alkyl halides is 1. The molecule has 0 N–H and O–H groups in total. The molecular formula is C13H15ClN2OS. The van der Waals surface area contributed by atoms with Crippen LogP contribution in [0.2, 0.25) is 0 Å². The first kappa shape index (κ1) is 13.3. The van der Waals surface area contributed by atoms with Crippen molar-refractivity contribution >= 4 is 22.9 Å². The number of rotatable bonds is 5. The lowest BCUT2D eigenvalue weighted by Gasteiger charge is -2.04. The third-order valence-corrected chi connectivity index (χ3v) is 3.90. The molecule has 18 heavy (non-hydrogen) atoms. The van der Waals surface area contributed by atoms with E-state index in [1.807, 2.05) is 38.1 Å². The molecule has 0 saturated carbocycles. The summed E-state index contributed by atoms with van der Waals surface area (Å²) < 4.78 is 5.67. The molecule has 96 valence electrons. The van der Waals surface area contributed by atoms with Gasteiger partial charge in [-0.15, -0.1) is 21.8 Å². The predicted molar refractivity (Wildman–Crippen MR) is 74.6 cm³/mol. The second-order valence-electron chi connectivity index (χ2n) is 4.07. The van der Waals surface area contributed by atoms with Gasteiger partial charge in [-0.3, -0.25) is 0 Å². The van der Waals surface area contributed by atoms with Crippen molar-refractivity contribution in [2.45, 2.75) is 25.6 Å². The number of hydrogen-bond acceptors (Lipinski definition) is 4. The highest BCUT2D eigenvalue weighted by Crippen LogP contribution is 2.23. The highest BCUT2D eigenvalue weighted by Gasteiger charge is 2.09. The van der Waals surface area contributed by atoms with Gasteiger partial charge in [0.25, 0.3) is 0 Å². The smallest absolute Gasteiger partial charge is 0.135 e. The van der Waals surface area contributed by atoms with E-state index in [0.29, 0.717) is 6.61 Å². The molecule has 0 bridgehead atoms. The fourth-order valence-corrected chi connectivity index (χ4v) is 2.42. The maximum atomic E-state index is 5.94. The summed E-state index contributed by atoms with van der Waals surface area (Å²) in [6, 6.07) is 8.01. The lowest BCUT2D eigenvalue weighted by atomic mass is 10.2. The topological polar surface area (TPSA) is 35.0 Å². The number of nitrogens with zero attached hydrogens (tertiary/aromatic N) is 2. The summed E-state index contributed by atoms with van der Waals surface area (Å²) in [5, 5.41) is 9.88. The minimum Gasteiger partial charge on any atom is -0.493 e. The molecule has 0 amide bonds. The minimum atomic E-state index is -0.0751. The van der Waals surface area contributed by atoms with Gasteiger partial charge in [-0.1, -0.05) is 23.5 Å². The summed E-state index contributed by atoms with van der Waals surface area (Å²) in [7, 11) is 0. The zero-order chi connectivity index (χ0) is 13.0. The van der Waals surface area contributed by atoms with Crippen LogP contribution in [-0.4, -0.2) is 16.8 Å². The van der Waals surface area contributed by atoms with Crippen LogP contribution in [0.1, 0.15) is 27.9 Å². The maximum Gasteiger partial charge on any atom is 0.135 e. The van der Waals surface area contributed by atoms with Crippen molar-refractivity contribution in [2.24, 2.45) is 0 Å². The second-order valence-corrected chi connectivity index (χ2v) is 5.81. The van der Waals surface area contributed by atoms with Gasteiger partial charge in [0.15, 0.2) is 0 Å². The highest BCUT2D eigenvalue weighted by atomic mass is 35.5. The first-order chi connectivity index (χ1) is 8.65. The van der Waals surface area contributed by atoms with Gasteiger partial charge in [0, 0.05) is 6.42 Å².